The predicted molar refractivity (Wildman–Crippen MR) is 75.3 cm³/mol. The van der Waals surface area contributed by atoms with Crippen LogP contribution in [0, 0.1) is 12.3 Å². The van der Waals surface area contributed by atoms with Crippen LogP contribution in [0.4, 0.5) is 0 Å². The van der Waals surface area contributed by atoms with Gasteiger partial charge in [-0.15, -0.1) is 12.3 Å². The predicted octanol–water partition coefficient (Wildman–Crippen LogP) is 2.10. The lowest BCUT2D eigenvalue weighted by molar-refractivity contribution is 0.0643. The fraction of sp³-hybridized carbons (Fsp3) is 0.375. The SMILES string of the molecule is C#CCCOCCCCN1C(=O)c2ccccc2C1=O. The van der Waals surface area contributed by atoms with E-state index < -0.39 is 0 Å². The molecule has 0 atom stereocenters. The normalized spacial score (nSPS) is 13.4. The molecule has 1 aromatic carbocycles. The summed E-state index contributed by atoms with van der Waals surface area (Å²) in [7, 11) is 0. The highest BCUT2D eigenvalue weighted by atomic mass is 16.5. The molecule has 0 radical (unpaired) electrons. The smallest absolute Gasteiger partial charge is 0.261 e. The van der Waals surface area contributed by atoms with Gasteiger partial charge < -0.3 is 4.74 Å². The molecule has 0 fully saturated rings. The van der Waals surface area contributed by atoms with E-state index in [-0.39, 0.29) is 11.8 Å². The second-order valence-electron chi connectivity index (χ2n) is 4.58. The average Bonchev–Trinajstić information content (AvgIpc) is 2.71. The Morgan fingerprint density at radius 2 is 1.70 bits per heavy atom. The van der Waals surface area contributed by atoms with E-state index >= 15 is 0 Å². The van der Waals surface area contributed by atoms with Crippen LogP contribution in [0.5, 0.6) is 0 Å². The zero-order valence-electron chi connectivity index (χ0n) is 11.3. The zero-order chi connectivity index (χ0) is 14.4. The van der Waals surface area contributed by atoms with Crippen LogP contribution in [0.2, 0.25) is 0 Å². The molecule has 0 unspecified atom stereocenters. The Bertz CT molecular complexity index is 510. The van der Waals surface area contributed by atoms with Crippen LogP contribution in [0.25, 0.3) is 0 Å². The van der Waals surface area contributed by atoms with Gasteiger partial charge in [0.1, 0.15) is 0 Å². The summed E-state index contributed by atoms with van der Waals surface area (Å²) in [6.45, 7) is 1.60. The van der Waals surface area contributed by atoms with Crippen molar-refractivity contribution in [2.24, 2.45) is 0 Å². The van der Waals surface area contributed by atoms with E-state index in [1.54, 1.807) is 24.3 Å². The Kier molecular flexibility index (Phi) is 4.91. The largest absolute Gasteiger partial charge is 0.380 e. The summed E-state index contributed by atoms with van der Waals surface area (Å²) in [6, 6.07) is 6.93. The third kappa shape index (κ3) is 3.06. The number of carbonyl (C=O) groups is 2. The van der Waals surface area contributed by atoms with E-state index in [2.05, 4.69) is 5.92 Å². The second-order valence-corrected chi connectivity index (χ2v) is 4.58. The summed E-state index contributed by atoms with van der Waals surface area (Å²) in [5, 5.41) is 0. The van der Waals surface area contributed by atoms with Gasteiger partial charge in [0.25, 0.3) is 11.8 Å². The molecular formula is C16H17NO3. The highest BCUT2D eigenvalue weighted by molar-refractivity contribution is 6.21. The maximum Gasteiger partial charge on any atom is 0.261 e. The number of terminal acetylenes is 1. The topological polar surface area (TPSA) is 46.6 Å². The molecule has 104 valence electrons. The van der Waals surface area contributed by atoms with Gasteiger partial charge in [-0.1, -0.05) is 12.1 Å². The third-order valence-electron chi connectivity index (χ3n) is 3.19. The van der Waals surface area contributed by atoms with Crippen LogP contribution >= 0.6 is 0 Å². The molecule has 4 nitrogen and oxygen atoms in total. The lowest BCUT2D eigenvalue weighted by atomic mass is 10.1. The molecule has 1 aromatic rings. The first-order chi connectivity index (χ1) is 9.75. The third-order valence-corrected chi connectivity index (χ3v) is 3.19. The van der Waals surface area contributed by atoms with Crippen LogP contribution in [0.15, 0.2) is 24.3 Å². The Labute approximate surface area is 118 Å². The van der Waals surface area contributed by atoms with Gasteiger partial charge in [-0.2, -0.15) is 0 Å². The zero-order valence-corrected chi connectivity index (χ0v) is 11.3. The number of unbranched alkanes of at least 4 members (excludes halogenated alkanes) is 1. The number of amides is 2. The molecule has 2 rings (SSSR count). The van der Waals surface area contributed by atoms with Gasteiger partial charge in [0.2, 0.25) is 0 Å². The number of hydrogen-bond acceptors (Lipinski definition) is 3. The summed E-state index contributed by atoms with van der Waals surface area (Å²) in [5.41, 5.74) is 1.01. The molecule has 1 aliphatic rings. The molecule has 4 heteroatoms. The van der Waals surface area contributed by atoms with E-state index in [1.165, 1.54) is 4.90 Å². The molecule has 0 saturated heterocycles. The lowest BCUT2D eigenvalue weighted by Crippen LogP contribution is -2.30. The van der Waals surface area contributed by atoms with E-state index in [0.717, 1.165) is 12.8 Å². The lowest BCUT2D eigenvalue weighted by Gasteiger charge is -2.13. The maximum atomic E-state index is 12.1. The second kappa shape index (κ2) is 6.88. The molecule has 1 aliphatic heterocycles. The minimum absolute atomic E-state index is 0.196. The van der Waals surface area contributed by atoms with Crippen molar-refractivity contribution in [2.75, 3.05) is 19.8 Å². The van der Waals surface area contributed by atoms with Crippen LogP contribution in [-0.4, -0.2) is 36.5 Å². The van der Waals surface area contributed by atoms with Gasteiger partial charge in [0.15, 0.2) is 0 Å². The van der Waals surface area contributed by atoms with Crippen LogP contribution in [0.1, 0.15) is 40.0 Å². The number of carbonyl (C=O) groups excluding carboxylic acids is 2. The Morgan fingerprint density at radius 1 is 1.05 bits per heavy atom. The van der Waals surface area contributed by atoms with Crippen molar-refractivity contribution in [1.29, 1.82) is 0 Å². The average molecular weight is 271 g/mol. The standard InChI is InChI=1S/C16H17NO3/c1-2-3-11-20-12-7-6-10-17-15(18)13-8-4-5-9-14(13)16(17)19/h1,4-5,8-9H,3,6-7,10-12H2. The van der Waals surface area contributed by atoms with Crippen molar-refractivity contribution >= 4 is 11.8 Å². The molecule has 0 N–H and O–H groups in total. The van der Waals surface area contributed by atoms with Gasteiger partial charge in [-0.05, 0) is 25.0 Å². The van der Waals surface area contributed by atoms with Crippen LogP contribution in [0.3, 0.4) is 0 Å². The summed E-state index contributed by atoms with van der Waals surface area (Å²) in [6.07, 6.45) is 7.26. The molecule has 0 bridgehead atoms. The maximum absolute atomic E-state index is 12.1. The van der Waals surface area contributed by atoms with Crippen molar-refractivity contribution in [3.8, 4) is 12.3 Å². The van der Waals surface area contributed by atoms with E-state index in [9.17, 15) is 9.59 Å². The summed E-state index contributed by atoms with van der Waals surface area (Å²) in [5.74, 6) is 2.11. The van der Waals surface area contributed by atoms with Crippen molar-refractivity contribution in [1.82, 2.24) is 4.90 Å². The molecule has 20 heavy (non-hydrogen) atoms. The minimum atomic E-state index is -0.196. The Morgan fingerprint density at radius 3 is 2.30 bits per heavy atom. The summed E-state index contributed by atoms with van der Waals surface area (Å²) in [4.78, 5) is 25.4. The van der Waals surface area contributed by atoms with Crippen molar-refractivity contribution in [2.45, 2.75) is 19.3 Å². The van der Waals surface area contributed by atoms with Crippen LogP contribution in [-0.2, 0) is 4.74 Å². The van der Waals surface area contributed by atoms with Crippen molar-refractivity contribution < 1.29 is 14.3 Å². The fourth-order valence-corrected chi connectivity index (χ4v) is 2.15. The van der Waals surface area contributed by atoms with Gasteiger partial charge in [0.05, 0.1) is 17.7 Å². The first kappa shape index (κ1) is 14.3. The first-order valence-electron chi connectivity index (χ1n) is 6.72. The molecule has 1 heterocycles. The molecule has 0 saturated carbocycles. The fourth-order valence-electron chi connectivity index (χ4n) is 2.15. The van der Waals surface area contributed by atoms with Gasteiger partial charge in [-0.3, -0.25) is 14.5 Å². The number of nitrogens with zero attached hydrogens (tertiary/aromatic N) is 1. The molecule has 0 aromatic heterocycles. The minimum Gasteiger partial charge on any atom is -0.380 e. The van der Waals surface area contributed by atoms with E-state index in [4.69, 9.17) is 11.2 Å². The monoisotopic (exact) mass is 271 g/mol. The Hall–Kier alpha value is -2.12. The number of fused-ring (bicyclic) bond motifs is 1. The number of imide groups is 1. The summed E-state index contributed by atoms with van der Waals surface area (Å²) >= 11 is 0. The number of rotatable bonds is 7. The first-order valence-corrected chi connectivity index (χ1v) is 6.72. The van der Waals surface area contributed by atoms with Crippen molar-refractivity contribution in [3.63, 3.8) is 0 Å². The van der Waals surface area contributed by atoms with E-state index in [0.29, 0.717) is 37.3 Å². The highest BCUT2D eigenvalue weighted by Gasteiger charge is 2.34. The molecular weight excluding hydrogens is 254 g/mol. The number of ether oxygens (including phenoxy) is 1. The number of hydrogen-bond donors (Lipinski definition) is 0. The molecule has 0 spiro atoms. The number of benzene rings is 1. The Balaban J connectivity index is 1.77. The van der Waals surface area contributed by atoms with Gasteiger partial charge in [0, 0.05) is 19.6 Å². The van der Waals surface area contributed by atoms with E-state index in [1.807, 2.05) is 0 Å². The highest BCUT2D eigenvalue weighted by Crippen LogP contribution is 2.22. The van der Waals surface area contributed by atoms with Gasteiger partial charge >= 0.3 is 0 Å². The molecule has 2 amide bonds. The van der Waals surface area contributed by atoms with Gasteiger partial charge in [-0.25, -0.2) is 0 Å². The summed E-state index contributed by atoms with van der Waals surface area (Å²) < 4.78 is 5.32. The molecule has 0 aliphatic carbocycles. The van der Waals surface area contributed by atoms with Crippen molar-refractivity contribution in [3.05, 3.63) is 35.4 Å². The quantitative estimate of drug-likeness (QED) is 0.433. The van der Waals surface area contributed by atoms with Crippen LogP contribution < -0.4 is 0 Å².